The van der Waals surface area contributed by atoms with Crippen LogP contribution in [0.25, 0.3) is 0 Å². The minimum Gasteiger partial charge on any atom is -0.468 e. The summed E-state index contributed by atoms with van der Waals surface area (Å²) in [6.07, 6.45) is 0. The molecule has 0 aromatic heterocycles. The number of ether oxygens (including phenoxy) is 1. The Labute approximate surface area is 70.1 Å². The van der Waals surface area contributed by atoms with Gasteiger partial charge in [-0.05, 0) is 12.8 Å². The Morgan fingerprint density at radius 1 is 1.60 bits per heavy atom. The van der Waals surface area contributed by atoms with Crippen molar-refractivity contribution in [2.75, 3.05) is 7.11 Å². The number of carbonyl (C=O) groups is 1. The van der Waals surface area contributed by atoms with E-state index in [1.165, 1.54) is 7.11 Å². The van der Waals surface area contributed by atoms with Crippen LogP contribution in [-0.2, 0) is 9.53 Å². The fourth-order valence-corrected chi connectivity index (χ4v) is 0.597. The van der Waals surface area contributed by atoms with E-state index in [0.717, 1.165) is 0 Å². The molecule has 0 saturated heterocycles. The van der Waals surface area contributed by atoms with E-state index in [1.54, 1.807) is 0 Å². The molecule has 0 bridgehead atoms. The Hall–Kier alpha value is -0.0500. The SMILES string of the molecule is COC(=O)C(C)(Br)C(C)C. The van der Waals surface area contributed by atoms with E-state index >= 15 is 0 Å². The van der Waals surface area contributed by atoms with Crippen molar-refractivity contribution in [3.05, 3.63) is 0 Å². The highest BCUT2D eigenvalue weighted by Crippen LogP contribution is 2.27. The summed E-state index contributed by atoms with van der Waals surface area (Å²) >= 11 is 3.30. The second-order valence-electron chi connectivity index (χ2n) is 2.72. The monoisotopic (exact) mass is 208 g/mol. The first-order chi connectivity index (χ1) is 4.42. The van der Waals surface area contributed by atoms with Gasteiger partial charge in [0.15, 0.2) is 0 Å². The molecule has 0 amide bonds. The molecular formula is C7H13BrO2. The van der Waals surface area contributed by atoms with Crippen LogP contribution in [0.5, 0.6) is 0 Å². The van der Waals surface area contributed by atoms with E-state index in [0.29, 0.717) is 0 Å². The van der Waals surface area contributed by atoms with Crippen LogP contribution in [0.4, 0.5) is 0 Å². The van der Waals surface area contributed by atoms with E-state index in [1.807, 2.05) is 20.8 Å². The topological polar surface area (TPSA) is 26.3 Å². The molecule has 1 unspecified atom stereocenters. The third kappa shape index (κ3) is 1.97. The van der Waals surface area contributed by atoms with Crippen LogP contribution in [0.1, 0.15) is 20.8 Å². The van der Waals surface area contributed by atoms with Crippen LogP contribution >= 0.6 is 15.9 Å². The van der Waals surface area contributed by atoms with Gasteiger partial charge >= 0.3 is 5.97 Å². The summed E-state index contributed by atoms with van der Waals surface area (Å²) in [5.74, 6) is 0.0162. The molecule has 0 aliphatic heterocycles. The molecule has 0 aromatic rings. The van der Waals surface area contributed by atoms with Crippen LogP contribution in [0, 0.1) is 5.92 Å². The molecule has 0 rings (SSSR count). The lowest BCUT2D eigenvalue weighted by atomic mass is 9.98. The van der Waals surface area contributed by atoms with Gasteiger partial charge in [0.2, 0.25) is 0 Å². The second-order valence-corrected chi connectivity index (χ2v) is 4.37. The fraction of sp³-hybridized carbons (Fsp3) is 0.857. The highest BCUT2D eigenvalue weighted by molar-refractivity contribution is 9.10. The largest absolute Gasteiger partial charge is 0.468 e. The molecule has 2 nitrogen and oxygen atoms in total. The minimum absolute atomic E-state index is 0.220. The fourth-order valence-electron chi connectivity index (χ4n) is 0.435. The van der Waals surface area contributed by atoms with Crippen molar-refractivity contribution in [3.63, 3.8) is 0 Å². The average Bonchev–Trinajstić information content (AvgIpc) is 1.86. The number of methoxy groups -OCH3 is 1. The van der Waals surface area contributed by atoms with Crippen molar-refractivity contribution >= 4 is 21.9 Å². The number of rotatable bonds is 2. The molecule has 0 spiro atoms. The van der Waals surface area contributed by atoms with Gasteiger partial charge in [-0.2, -0.15) is 0 Å². The van der Waals surface area contributed by atoms with Crippen LogP contribution in [0.2, 0.25) is 0 Å². The Morgan fingerprint density at radius 2 is 2.00 bits per heavy atom. The Morgan fingerprint density at radius 3 is 2.10 bits per heavy atom. The van der Waals surface area contributed by atoms with Crippen molar-refractivity contribution in [1.29, 1.82) is 0 Å². The van der Waals surface area contributed by atoms with Gasteiger partial charge in [0.05, 0.1) is 7.11 Å². The van der Waals surface area contributed by atoms with Gasteiger partial charge in [0.1, 0.15) is 4.32 Å². The predicted octanol–water partition coefficient (Wildman–Crippen LogP) is 1.97. The molecule has 0 aliphatic carbocycles. The van der Waals surface area contributed by atoms with Crippen LogP contribution < -0.4 is 0 Å². The molecule has 0 aromatic carbocycles. The zero-order chi connectivity index (χ0) is 8.36. The highest BCUT2D eigenvalue weighted by atomic mass is 79.9. The summed E-state index contributed by atoms with van der Waals surface area (Å²) in [5.41, 5.74) is 0. The second kappa shape index (κ2) is 3.37. The number of halogens is 1. The summed E-state index contributed by atoms with van der Waals surface area (Å²) in [6.45, 7) is 5.74. The normalized spacial score (nSPS) is 16.6. The smallest absolute Gasteiger partial charge is 0.322 e. The Bertz CT molecular complexity index is 130. The minimum atomic E-state index is -0.540. The van der Waals surface area contributed by atoms with Gasteiger partial charge in [0.25, 0.3) is 0 Å². The Balaban J connectivity index is 4.24. The van der Waals surface area contributed by atoms with Gasteiger partial charge in [-0.15, -0.1) is 0 Å². The lowest BCUT2D eigenvalue weighted by Crippen LogP contribution is -2.34. The van der Waals surface area contributed by atoms with Crippen LogP contribution in [0.3, 0.4) is 0 Å². The van der Waals surface area contributed by atoms with Crippen molar-refractivity contribution in [1.82, 2.24) is 0 Å². The third-order valence-corrected chi connectivity index (χ3v) is 2.91. The Kier molecular flexibility index (Phi) is 3.36. The molecule has 0 radical (unpaired) electrons. The maximum absolute atomic E-state index is 11.0. The maximum atomic E-state index is 11.0. The van der Waals surface area contributed by atoms with Crippen LogP contribution in [0.15, 0.2) is 0 Å². The average molecular weight is 209 g/mol. The molecule has 60 valence electrons. The lowest BCUT2D eigenvalue weighted by molar-refractivity contribution is -0.143. The molecule has 0 fully saturated rings. The first-order valence-corrected chi connectivity index (χ1v) is 3.99. The van der Waals surface area contributed by atoms with Crippen molar-refractivity contribution in [3.8, 4) is 0 Å². The molecule has 0 N–H and O–H groups in total. The summed E-state index contributed by atoms with van der Waals surface area (Å²) in [4.78, 5) is 11.0. The van der Waals surface area contributed by atoms with E-state index < -0.39 is 4.32 Å². The summed E-state index contributed by atoms with van der Waals surface area (Å²) in [5, 5.41) is 0. The standard InChI is InChI=1S/C7H13BrO2/c1-5(2)7(3,8)6(9)10-4/h5H,1-4H3. The number of hydrogen-bond donors (Lipinski definition) is 0. The molecule has 0 saturated carbocycles. The molecule has 10 heavy (non-hydrogen) atoms. The molecule has 0 heterocycles. The van der Waals surface area contributed by atoms with E-state index in [9.17, 15) is 4.79 Å². The summed E-state index contributed by atoms with van der Waals surface area (Å²) in [7, 11) is 1.39. The van der Waals surface area contributed by atoms with Crippen molar-refractivity contribution in [2.24, 2.45) is 5.92 Å². The van der Waals surface area contributed by atoms with E-state index in [4.69, 9.17) is 0 Å². The quantitative estimate of drug-likeness (QED) is 0.513. The molecule has 3 heteroatoms. The van der Waals surface area contributed by atoms with E-state index in [2.05, 4.69) is 20.7 Å². The molecule has 0 aliphatic rings. The van der Waals surface area contributed by atoms with Gasteiger partial charge in [0, 0.05) is 0 Å². The highest BCUT2D eigenvalue weighted by Gasteiger charge is 2.34. The van der Waals surface area contributed by atoms with Gasteiger partial charge in [-0.25, -0.2) is 0 Å². The van der Waals surface area contributed by atoms with Crippen molar-refractivity contribution < 1.29 is 9.53 Å². The first-order valence-electron chi connectivity index (χ1n) is 3.20. The summed E-state index contributed by atoms with van der Waals surface area (Å²) in [6, 6.07) is 0. The number of alkyl halides is 1. The van der Waals surface area contributed by atoms with Gasteiger partial charge < -0.3 is 4.74 Å². The van der Waals surface area contributed by atoms with Crippen molar-refractivity contribution in [2.45, 2.75) is 25.1 Å². The predicted molar refractivity (Wildman–Crippen MR) is 44.2 cm³/mol. The zero-order valence-electron chi connectivity index (χ0n) is 6.77. The number of hydrogen-bond acceptors (Lipinski definition) is 2. The maximum Gasteiger partial charge on any atom is 0.322 e. The molecule has 1 atom stereocenters. The third-order valence-electron chi connectivity index (χ3n) is 1.67. The number of carbonyl (C=O) groups excluding carboxylic acids is 1. The van der Waals surface area contributed by atoms with E-state index in [-0.39, 0.29) is 11.9 Å². The zero-order valence-corrected chi connectivity index (χ0v) is 8.36. The first kappa shape index (κ1) is 9.95. The lowest BCUT2D eigenvalue weighted by Gasteiger charge is -2.23. The van der Waals surface area contributed by atoms with Crippen LogP contribution in [-0.4, -0.2) is 17.4 Å². The number of esters is 1. The van der Waals surface area contributed by atoms with Gasteiger partial charge in [-0.3, -0.25) is 4.79 Å². The summed E-state index contributed by atoms with van der Waals surface area (Å²) < 4.78 is 4.05. The van der Waals surface area contributed by atoms with Gasteiger partial charge in [-0.1, -0.05) is 29.8 Å². The molecular weight excluding hydrogens is 196 g/mol.